The van der Waals surface area contributed by atoms with Gasteiger partial charge in [0.25, 0.3) is 5.56 Å². The number of fused-ring (bicyclic) bond motifs is 1. The molecule has 0 bridgehead atoms. The Morgan fingerprint density at radius 3 is 2.25 bits per heavy atom. The van der Waals surface area contributed by atoms with Crippen LogP contribution in [-0.4, -0.2) is 14.8 Å². The van der Waals surface area contributed by atoms with Gasteiger partial charge >= 0.3 is 0 Å². The Morgan fingerprint density at radius 1 is 0.833 bits per heavy atom. The summed E-state index contributed by atoms with van der Waals surface area (Å²) in [5, 5.41) is 6.63. The van der Waals surface area contributed by atoms with Crippen LogP contribution < -0.4 is 5.56 Å². The smallest absolute Gasteiger partial charge is 0.267 e. The molecule has 5 heteroatoms. The average Bonchev–Trinajstić information content (AvgIpc) is 2.64. The van der Waals surface area contributed by atoms with Gasteiger partial charge in [0, 0.05) is 22.2 Å². The van der Waals surface area contributed by atoms with Gasteiger partial charge in [0.2, 0.25) is 0 Å². The lowest BCUT2D eigenvalue weighted by Crippen LogP contribution is -2.23. The zero-order valence-corrected chi connectivity index (χ0v) is 13.3. The molecule has 0 radical (unpaired) electrons. The summed E-state index contributed by atoms with van der Waals surface area (Å²) in [4.78, 5) is 17.1. The van der Waals surface area contributed by atoms with Gasteiger partial charge in [-0.1, -0.05) is 48.0 Å². The highest BCUT2D eigenvalue weighted by Gasteiger charge is 2.13. The molecule has 116 valence electrons. The van der Waals surface area contributed by atoms with Crippen LogP contribution in [0.5, 0.6) is 0 Å². The van der Waals surface area contributed by atoms with E-state index in [1.54, 1.807) is 24.4 Å². The molecule has 0 spiro atoms. The number of hydrogen-bond acceptors (Lipinski definition) is 3. The minimum Gasteiger partial charge on any atom is -0.267 e. The van der Waals surface area contributed by atoms with E-state index in [9.17, 15) is 4.79 Å². The molecule has 2 aromatic heterocycles. The molecule has 0 fully saturated rings. The molecule has 0 aliphatic rings. The second-order valence-electron chi connectivity index (χ2n) is 5.31. The molecule has 0 aliphatic heterocycles. The third-order valence-corrected chi connectivity index (χ3v) is 4.04. The molecule has 0 N–H and O–H groups in total. The van der Waals surface area contributed by atoms with Crippen molar-refractivity contribution in [3.05, 3.63) is 88.3 Å². The summed E-state index contributed by atoms with van der Waals surface area (Å²) < 4.78 is 1.34. The zero-order chi connectivity index (χ0) is 16.5. The van der Waals surface area contributed by atoms with Gasteiger partial charge in [0.15, 0.2) is 5.82 Å². The summed E-state index contributed by atoms with van der Waals surface area (Å²) in [6.45, 7) is 0. The SMILES string of the molecule is O=c1c2ccccc2c(-c2ccc(Cl)cc2)nn1-c1ccccn1. The van der Waals surface area contributed by atoms with E-state index in [1.807, 2.05) is 48.5 Å². The largest absolute Gasteiger partial charge is 0.280 e. The fourth-order valence-electron chi connectivity index (χ4n) is 2.64. The van der Waals surface area contributed by atoms with Crippen molar-refractivity contribution in [3.8, 4) is 17.1 Å². The van der Waals surface area contributed by atoms with Crippen LogP contribution >= 0.6 is 11.6 Å². The number of hydrogen-bond donors (Lipinski definition) is 0. The summed E-state index contributed by atoms with van der Waals surface area (Å²) in [6, 6.07) is 20.2. The Balaban J connectivity index is 2.08. The highest BCUT2D eigenvalue weighted by molar-refractivity contribution is 6.30. The van der Waals surface area contributed by atoms with Crippen LogP contribution in [-0.2, 0) is 0 Å². The Labute approximate surface area is 143 Å². The van der Waals surface area contributed by atoms with E-state index in [0.717, 1.165) is 10.9 Å². The Kier molecular flexibility index (Phi) is 3.59. The fourth-order valence-corrected chi connectivity index (χ4v) is 2.77. The maximum atomic E-state index is 12.8. The minimum atomic E-state index is -0.193. The predicted octanol–water partition coefficient (Wildman–Crippen LogP) is 4.10. The molecule has 0 atom stereocenters. The fraction of sp³-hybridized carbons (Fsp3) is 0. The van der Waals surface area contributed by atoms with Crippen LogP contribution in [0.2, 0.25) is 5.02 Å². The van der Waals surface area contributed by atoms with E-state index in [4.69, 9.17) is 11.6 Å². The van der Waals surface area contributed by atoms with Crippen molar-refractivity contribution >= 4 is 22.4 Å². The second kappa shape index (κ2) is 5.91. The van der Waals surface area contributed by atoms with E-state index in [2.05, 4.69) is 10.1 Å². The molecule has 0 aliphatic carbocycles. The van der Waals surface area contributed by atoms with Crippen molar-refractivity contribution in [1.82, 2.24) is 14.8 Å². The third-order valence-electron chi connectivity index (χ3n) is 3.79. The van der Waals surface area contributed by atoms with Crippen molar-refractivity contribution in [2.75, 3.05) is 0 Å². The summed E-state index contributed by atoms with van der Waals surface area (Å²) in [5.41, 5.74) is 1.41. The Morgan fingerprint density at radius 2 is 1.54 bits per heavy atom. The van der Waals surface area contributed by atoms with Crippen molar-refractivity contribution < 1.29 is 0 Å². The summed E-state index contributed by atoms with van der Waals surface area (Å²) in [6.07, 6.45) is 1.64. The van der Waals surface area contributed by atoms with E-state index in [-0.39, 0.29) is 5.56 Å². The molecule has 0 saturated heterocycles. The topological polar surface area (TPSA) is 47.8 Å². The van der Waals surface area contributed by atoms with Crippen molar-refractivity contribution in [3.63, 3.8) is 0 Å². The molecule has 0 saturated carbocycles. The van der Waals surface area contributed by atoms with Gasteiger partial charge in [-0.05, 0) is 30.3 Å². The van der Waals surface area contributed by atoms with Crippen LogP contribution in [0.25, 0.3) is 27.8 Å². The molecule has 4 aromatic rings. The molecule has 0 unspecified atom stereocenters. The standard InChI is InChI=1S/C19H12ClN3O/c20-14-10-8-13(9-11-14)18-15-5-1-2-6-16(15)19(24)23(22-18)17-7-3-4-12-21-17/h1-12H. The van der Waals surface area contributed by atoms with E-state index in [0.29, 0.717) is 21.9 Å². The van der Waals surface area contributed by atoms with Gasteiger partial charge in [-0.25, -0.2) is 4.98 Å². The maximum absolute atomic E-state index is 12.8. The predicted molar refractivity (Wildman–Crippen MR) is 95.6 cm³/mol. The van der Waals surface area contributed by atoms with E-state index >= 15 is 0 Å². The van der Waals surface area contributed by atoms with Crippen molar-refractivity contribution in [2.24, 2.45) is 0 Å². The molecule has 4 nitrogen and oxygen atoms in total. The Hall–Kier alpha value is -2.98. The summed E-state index contributed by atoms with van der Waals surface area (Å²) in [7, 11) is 0. The summed E-state index contributed by atoms with van der Waals surface area (Å²) >= 11 is 5.98. The van der Waals surface area contributed by atoms with Crippen LogP contribution in [0.1, 0.15) is 0 Å². The maximum Gasteiger partial charge on any atom is 0.280 e. The molecule has 24 heavy (non-hydrogen) atoms. The molecular weight excluding hydrogens is 322 g/mol. The zero-order valence-electron chi connectivity index (χ0n) is 12.6. The van der Waals surface area contributed by atoms with E-state index < -0.39 is 0 Å². The van der Waals surface area contributed by atoms with Crippen LogP contribution in [0, 0.1) is 0 Å². The van der Waals surface area contributed by atoms with Gasteiger partial charge < -0.3 is 0 Å². The number of aromatic nitrogens is 3. The van der Waals surface area contributed by atoms with E-state index in [1.165, 1.54) is 4.68 Å². The van der Waals surface area contributed by atoms with Crippen LogP contribution in [0.15, 0.2) is 77.7 Å². The highest BCUT2D eigenvalue weighted by atomic mass is 35.5. The first-order valence-corrected chi connectivity index (χ1v) is 7.81. The summed E-state index contributed by atoms with van der Waals surface area (Å²) in [5.74, 6) is 0.489. The highest BCUT2D eigenvalue weighted by Crippen LogP contribution is 2.26. The lowest BCUT2D eigenvalue weighted by atomic mass is 10.1. The van der Waals surface area contributed by atoms with Crippen LogP contribution in [0.4, 0.5) is 0 Å². The van der Waals surface area contributed by atoms with Gasteiger partial charge in [-0.3, -0.25) is 4.79 Å². The molecule has 2 aromatic carbocycles. The van der Waals surface area contributed by atoms with Crippen LogP contribution in [0.3, 0.4) is 0 Å². The Bertz CT molecular complexity index is 1070. The second-order valence-corrected chi connectivity index (χ2v) is 5.74. The number of rotatable bonds is 2. The number of pyridine rings is 1. The van der Waals surface area contributed by atoms with Gasteiger partial charge in [-0.15, -0.1) is 0 Å². The van der Waals surface area contributed by atoms with Gasteiger partial charge in [0.1, 0.15) is 0 Å². The number of nitrogens with zero attached hydrogens (tertiary/aromatic N) is 3. The monoisotopic (exact) mass is 333 g/mol. The third kappa shape index (κ3) is 2.47. The first-order valence-electron chi connectivity index (χ1n) is 7.43. The number of halogens is 1. The molecule has 4 rings (SSSR count). The van der Waals surface area contributed by atoms with Crippen molar-refractivity contribution in [1.29, 1.82) is 0 Å². The lowest BCUT2D eigenvalue weighted by Gasteiger charge is -2.10. The van der Waals surface area contributed by atoms with Gasteiger partial charge in [0.05, 0.1) is 11.1 Å². The lowest BCUT2D eigenvalue weighted by molar-refractivity contribution is 0.799. The minimum absolute atomic E-state index is 0.193. The number of benzene rings is 2. The molecule has 2 heterocycles. The first-order chi connectivity index (χ1) is 11.7. The molecule has 0 amide bonds. The van der Waals surface area contributed by atoms with Gasteiger partial charge in [-0.2, -0.15) is 9.78 Å². The normalized spacial score (nSPS) is 10.9. The molecular formula is C19H12ClN3O. The average molecular weight is 334 g/mol. The first kappa shape index (κ1) is 14.6. The quantitative estimate of drug-likeness (QED) is 0.555. The van der Waals surface area contributed by atoms with Crippen molar-refractivity contribution in [2.45, 2.75) is 0 Å².